The summed E-state index contributed by atoms with van der Waals surface area (Å²) in [5.74, 6) is 0. The van der Waals surface area contributed by atoms with Gasteiger partial charge in [-0.3, -0.25) is 9.36 Å². The van der Waals surface area contributed by atoms with Gasteiger partial charge in [-0.05, 0) is 24.6 Å². The van der Waals surface area contributed by atoms with E-state index >= 15 is 0 Å². The monoisotopic (exact) mass is 321 g/mol. The first kappa shape index (κ1) is 15.3. The maximum atomic E-state index is 12.9. The van der Waals surface area contributed by atoms with Gasteiger partial charge in [0.05, 0.1) is 28.8 Å². The number of rotatable bonds is 4. The zero-order chi connectivity index (χ0) is 16.2. The Kier molecular flexibility index (Phi) is 4.45. The fraction of sp³-hybridized carbons (Fsp3) is 0.167. The Hall–Kier alpha value is -2.58. The fourth-order valence-electron chi connectivity index (χ4n) is 2.33. The molecule has 0 aliphatic carbocycles. The predicted octanol–water partition coefficient (Wildman–Crippen LogP) is 3.45. The summed E-state index contributed by atoms with van der Waals surface area (Å²) in [6.07, 6.45) is 0. The molecular weight excluding hydrogens is 306 g/mol. The first-order valence-electron chi connectivity index (χ1n) is 7.29. The summed E-state index contributed by atoms with van der Waals surface area (Å²) in [6, 6.07) is 19.3. The molecule has 0 fully saturated rings. The molecule has 2 aromatic carbocycles. The molecule has 0 aliphatic rings. The minimum absolute atomic E-state index is 0.0768. The van der Waals surface area contributed by atoms with Gasteiger partial charge in [0, 0.05) is 0 Å². The van der Waals surface area contributed by atoms with Gasteiger partial charge in [0.1, 0.15) is 0 Å². The van der Waals surface area contributed by atoms with E-state index in [1.807, 2.05) is 48.5 Å². The molecule has 114 valence electrons. The van der Waals surface area contributed by atoms with Crippen LogP contribution in [0.5, 0.6) is 0 Å². The van der Waals surface area contributed by atoms with Crippen LogP contribution in [0, 0.1) is 11.3 Å². The molecule has 0 amide bonds. The van der Waals surface area contributed by atoms with Crippen molar-refractivity contribution in [1.29, 1.82) is 5.26 Å². The average Bonchev–Trinajstić information content (AvgIpc) is 2.59. The molecule has 1 heterocycles. The second-order valence-electron chi connectivity index (χ2n) is 5.18. The van der Waals surface area contributed by atoms with Crippen molar-refractivity contribution >= 4 is 22.7 Å². The highest BCUT2D eigenvalue weighted by Crippen LogP contribution is 2.22. The zero-order valence-electron chi connectivity index (χ0n) is 12.6. The highest BCUT2D eigenvalue weighted by Gasteiger charge is 2.14. The van der Waals surface area contributed by atoms with Crippen LogP contribution in [0.15, 0.2) is 64.5 Å². The summed E-state index contributed by atoms with van der Waals surface area (Å²) in [6.45, 7) is 2.25. The number of nitriles is 1. The second kappa shape index (κ2) is 6.67. The van der Waals surface area contributed by atoms with Gasteiger partial charge in [-0.1, -0.05) is 54.2 Å². The number of nitrogens with zero attached hydrogens (tertiary/aromatic N) is 3. The van der Waals surface area contributed by atoms with Crippen molar-refractivity contribution in [1.82, 2.24) is 9.55 Å². The molecule has 0 saturated carbocycles. The third kappa shape index (κ3) is 3.27. The minimum Gasteiger partial charge on any atom is -0.283 e. The molecule has 0 N–H and O–H groups in total. The summed E-state index contributed by atoms with van der Waals surface area (Å²) in [5.41, 5.74) is 1.61. The number of thioether (sulfide) groups is 1. The SMILES string of the molecule is C[C@H](C#N)Sc1nc2ccccc2c(=O)n1Cc1ccccc1. The Morgan fingerprint density at radius 2 is 1.87 bits per heavy atom. The third-order valence-electron chi connectivity index (χ3n) is 3.47. The van der Waals surface area contributed by atoms with E-state index in [0.717, 1.165) is 5.56 Å². The van der Waals surface area contributed by atoms with E-state index in [4.69, 9.17) is 5.26 Å². The molecular formula is C18H15N3OS. The van der Waals surface area contributed by atoms with Gasteiger partial charge in [0.15, 0.2) is 5.16 Å². The molecule has 5 heteroatoms. The Morgan fingerprint density at radius 3 is 2.61 bits per heavy atom. The van der Waals surface area contributed by atoms with Crippen LogP contribution in [0.1, 0.15) is 12.5 Å². The molecule has 0 radical (unpaired) electrons. The number of aromatic nitrogens is 2. The van der Waals surface area contributed by atoms with Gasteiger partial charge in [0.2, 0.25) is 0 Å². The molecule has 0 unspecified atom stereocenters. The van der Waals surface area contributed by atoms with Crippen LogP contribution in [-0.2, 0) is 6.54 Å². The number of hydrogen-bond donors (Lipinski definition) is 0. The van der Waals surface area contributed by atoms with Gasteiger partial charge in [0.25, 0.3) is 5.56 Å². The highest BCUT2D eigenvalue weighted by atomic mass is 32.2. The molecule has 0 spiro atoms. The fourth-order valence-corrected chi connectivity index (χ4v) is 3.12. The van der Waals surface area contributed by atoms with Crippen LogP contribution >= 0.6 is 11.8 Å². The van der Waals surface area contributed by atoms with Gasteiger partial charge in [-0.2, -0.15) is 5.26 Å². The van der Waals surface area contributed by atoms with Gasteiger partial charge < -0.3 is 0 Å². The van der Waals surface area contributed by atoms with Crippen LogP contribution in [0.3, 0.4) is 0 Å². The quantitative estimate of drug-likeness (QED) is 0.545. The van der Waals surface area contributed by atoms with Crippen LogP contribution < -0.4 is 5.56 Å². The molecule has 4 nitrogen and oxygen atoms in total. The first-order valence-corrected chi connectivity index (χ1v) is 8.17. The Labute approximate surface area is 138 Å². The van der Waals surface area contributed by atoms with Crippen LogP contribution in [-0.4, -0.2) is 14.8 Å². The number of fused-ring (bicyclic) bond motifs is 1. The Bertz CT molecular complexity index is 928. The van der Waals surface area contributed by atoms with Crippen LogP contribution in [0.4, 0.5) is 0 Å². The van der Waals surface area contributed by atoms with Crippen molar-refractivity contribution in [2.24, 2.45) is 0 Å². The largest absolute Gasteiger partial charge is 0.283 e. The highest BCUT2D eigenvalue weighted by molar-refractivity contribution is 8.00. The topological polar surface area (TPSA) is 58.7 Å². The molecule has 3 aromatic rings. The maximum Gasteiger partial charge on any atom is 0.262 e. The molecule has 0 bridgehead atoms. The van der Waals surface area contributed by atoms with Crippen LogP contribution in [0.25, 0.3) is 10.9 Å². The van der Waals surface area contributed by atoms with E-state index < -0.39 is 0 Å². The lowest BCUT2D eigenvalue weighted by atomic mass is 10.2. The minimum atomic E-state index is -0.273. The van der Waals surface area contributed by atoms with Crippen molar-refractivity contribution in [3.8, 4) is 6.07 Å². The Balaban J connectivity index is 2.16. The lowest BCUT2D eigenvalue weighted by molar-refractivity contribution is 0.657. The summed E-state index contributed by atoms with van der Waals surface area (Å²) in [4.78, 5) is 17.4. The normalized spacial score (nSPS) is 12.0. The molecule has 1 aromatic heterocycles. The third-order valence-corrected chi connectivity index (χ3v) is 4.46. The maximum absolute atomic E-state index is 12.9. The summed E-state index contributed by atoms with van der Waals surface area (Å²) < 4.78 is 1.65. The predicted molar refractivity (Wildman–Crippen MR) is 92.5 cm³/mol. The van der Waals surface area contributed by atoms with Gasteiger partial charge in [-0.15, -0.1) is 0 Å². The van der Waals surface area contributed by atoms with Crippen molar-refractivity contribution in [2.75, 3.05) is 0 Å². The molecule has 1 atom stereocenters. The summed E-state index contributed by atoms with van der Waals surface area (Å²) >= 11 is 1.31. The van der Waals surface area contributed by atoms with E-state index in [2.05, 4.69) is 11.1 Å². The number of benzene rings is 2. The van der Waals surface area contributed by atoms with E-state index in [-0.39, 0.29) is 10.8 Å². The average molecular weight is 321 g/mol. The zero-order valence-corrected chi connectivity index (χ0v) is 13.5. The van der Waals surface area contributed by atoms with Crippen molar-refractivity contribution in [3.05, 3.63) is 70.5 Å². The number of hydrogen-bond acceptors (Lipinski definition) is 4. The first-order chi connectivity index (χ1) is 11.2. The van der Waals surface area contributed by atoms with Gasteiger partial charge in [-0.25, -0.2) is 4.98 Å². The molecule has 23 heavy (non-hydrogen) atoms. The molecule has 0 saturated heterocycles. The second-order valence-corrected chi connectivity index (χ2v) is 6.49. The molecule has 0 aliphatic heterocycles. The van der Waals surface area contributed by atoms with Crippen molar-refractivity contribution in [2.45, 2.75) is 23.9 Å². The van der Waals surface area contributed by atoms with Crippen molar-refractivity contribution in [3.63, 3.8) is 0 Å². The van der Waals surface area contributed by atoms with E-state index in [1.54, 1.807) is 17.6 Å². The van der Waals surface area contributed by atoms with E-state index in [1.165, 1.54) is 11.8 Å². The lowest BCUT2D eigenvalue weighted by Gasteiger charge is -2.13. The van der Waals surface area contributed by atoms with Gasteiger partial charge >= 0.3 is 0 Å². The Morgan fingerprint density at radius 1 is 1.17 bits per heavy atom. The molecule has 3 rings (SSSR count). The summed E-state index contributed by atoms with van der Waals surface area (Å²) in [7, 11) is 0. The van der Waals surface area contributed by atoms with E-state index in [0.29, 0.717) is 22.6 Å². The lowest BCUT2D eigenvalue weighted by Crippen LogP contribution is -2.24. The van der Waals surface area contributed by atoms with E-state index in [9.17, 15) is 4.79 Å². The smallest absolute Gasteiger partial charge is 0.262 e. The van der Waals surface area contributed by atoms with Crippen LogP contribution in [0.2, 0.25) is 0 Å². The summed E-state index contributed by atoms with van der Waals surface area (Å²) in [5, 5.41) is 9.97. The standard InChI is InChI=1S/C18H15N3OS/c1-13(11-19)23-18-20-16-10-6-5-9-15(16)17(22)21(18)12-14-7-3-2-4-8-14/h2-10,13H,12H2,1H3/t13-/m1/s1. The number of para-hydroxylation sites is 1. The van der Waals surface area contributed by atoms with Crippen molar-refractivity contribution < 1.29 is 0 Å².